The summed E-state index contributed by atoms with van der Waals surface area (Å²) in [6.45, 7) is 13.5. The number of rotatable bonds is 11. The van der Waals surface area contributed by atoms with E-state index in [2.05, 4.69) is 39.5 Å². The van der Waals surface area contributed by atoms with Crippen molar-refractivity contribution in [2.75, 3.05) is 39.3 Å². The molecular formula is C18H36N6O. The van der Waals surface area contributed by atoms with E-state index in [1.807, 2.05) is 20.2 Å². The number of hydrogen-bond donors (Lipinski definition) is 3. The number of hydrogen-bond acceptors (Lipinski definition) is 4. The molecule has 144 valence electrons. The number of aliphatic imine (C=N–C) groups is 1. The first-order valence-corrected chi connectivity index (χ1v) is 9.39. The molecule has 1 heterocycles. The van der Waals surface area contributed by atoms with E-state index >= 15 is 0 Å². The summed E-state index contributed by atoms with van der Waals surface area (Å²) in [4.78, 5) is 6.97. The van der Waals surface area contributed by atoms with Gasteiger partial charge in [0.05, 0.1) is 12.7 Å². The Hall–Kier alpha value is -1.60. The molecular weight excluding hydrogens is 316 g/mol. The number of unbranched alkanes of at least 4 members (excludes halogenated alkanes) is 1. The molecule has 0 bridgehead atoms. The van der Waals surface area contributed by atoms with E-state index in [1.165, 1.54) is 6.42 Å². The minimum atomic E-state index is -1.03. The van der Waals surface area contributed by atoms with Gasteiger partial charge in [0, 0.05) is 31.9 Å². The largest absolute Gasteiger partial charge is 0.383 e. The summed E-state index contributed by atoms with van der Waals surface area (Å²) in [5.74, 6) is 0.745. The molecule has 0 saturated carbocycles. The molecule has 1 atom stereocenters. The maximum atomic E-state index is 10.6. The van der Waals surface area contributed by atoms with E-state index in [0.717, 1.165) is 50.7 Å². The van der Waals surface area contributed by atoms with Crippen LogP contribution in [0.3, 0.4) is 0 Å². The second-order valence-corrected chi connectivity index (χ2v) is 6.53. The second-order valence-electron chi connectivity index (χ2n) is 6.53. The minimum absolute atomic E-state index is 0.285. The van der Waals surface area contributed by atoms with Gasteiger partial charge >= 0.3 is 0 Å². The van der Waals surface area contributed by atoms with Crippen molar-refractivity contribution in [3.63, 3.8) is 0 Å². The Morgan fingerprint density at radius 3 is 2.56 bits per heavy atom. The highest BCUT2D eigenvalue weighted by molar-refractivity contribution is 5.79. The summed E-state index contributed by atoms with van der Waals surface area (Å²) >= 11 is 0. The third-order valence-electron chi connectivity index (χ3n) is 4.30. The highest BCUT2D eigenvalue weighted by atomic mass is 16.3. The van der Waals surface area contributed by atoms with E-state index in [9.17, 15) is 5.11 Å². The van der Waals surface area contributed by atoms with Crippen LogP contribution in [0.1, 0.15) is 46.1 Å². The average molecular weight is 353 g/mol. The summed E-state index contributed by atoms with van der Waals surface area (Å²) in [5.41, 5.74) is -0.256. The SMILES string of the molecule is CCNC(=NCC(C)(O)c1cnn(C)c1)NCCCCN(CC)CC. The van der Waals surface area contributed by atoms with Crippen LogP contribution in [0.25, 0.3) is 0 Å². The molecule has 3 N–H and O–H groups in total. The van der Waals surface area contributed by atoms with Gasteiger partial charge in [-0.05, 0) is 46.3 Å². The van der Waals surface area contributed by atoms with Crippen LogP contribution in [0, 0.1) is 0 Å². The molecule has 0 saturated heterocycles. The van der Waals surface area contributed by atoms with Crippen molar-refractivity contribution < 1.29 is 5.11 Å². The van der Waals surface area contributed by atoms with Gasteiger partial charge in [-0.1, -0.05) is 13.8 Å². The first-order valence-electron chi connectivity index (χ1n) is 9.39. The molecule has 0 radical (unpaired) electrons. The van der Waals surface area contributed by atoms with Crippen LogP contribution in [0.2, 0.25) is 0 Å². The maximum absolute atomic E-state index is 10.6. The Morgan fingerprint density at radius 1 is 1.28 bits per heavy atom. The van der Waals surface area contributed by atoms with Crippen molar-refractivity contribution in [1.29, 1.82) is 0 Å². The van der Waals surface area contributed by atoms with Gasteiger partial charge in [0.25, 0.3) is 0 Å². The Bertz CT molecular complexity index is 507. The third-order valence-corrected chi connectivity index (χ3v) is 4.30. The molecule has 0 amide bonds. The number of guanidine groups is 1. The number of nitrogens with zero attached hydrogens (tertiary/aromatic N) is 4. The van der Waals surface area contributed by atoms with Crippen LogP contribution in [0.5, 0.6) is 0 Å². The molecule has 7 heteroatoms. The topological polar surface area (TPSA) is 77.7 Å². The predicted octanol–water partition coefficient (Wildman–Crippen LogP) is 1.30. The highest BCUT2D eigenvalue weighted by Gasteiger charge is 2.24. The molecule has 0 spiro atoms. The summed E-state index contributed by atoms with van der Waals surface area (Å²) in [6.07, 6.45) is 5.77. The fourth-order valence-electron chi connectivity index (χ4n) is 2.57. The van der Waals surface area contributed by atoms with E-state index in [0.29, 0.717) is 0 Å². The molecule has 0 aromatic carbocycles. The molecule has 1 aromatic heterocycles. The van der Waals surface area contributed by atoms with E-state index in [1.54, 1.807) is 17.8 Å². The molecule has 0 aliphatic heterocycles. The highest BCUT2D eigenvalue weighted by Crippen LogP contribution is 2.19. The smallest absolute Gasteiger partial charge is 0.191 e. The van der Waals surface area contributed by atoms with Crippen LogP contribution in [0.4, 0.5) is 0 Å². The zero-order valence-electron chi connectivity index (χ0n) is 16.5. The number of nitrogens with one attached hydrogen (secondary N) is 2. The van der Waals surface area contributed by atoms with Crippen molar-refractivity contribution >= 4 is 5.96 Å². The average Bonchev–Trinajstić information content (AvgIpc) is 3.03. The quantitative estimate of drug-likeness (QED) is 0.318. The van der Waals surface area contributed by atoms with Gasteiger partial charge in [0.2, 0.25) is 0 Å². The summed E-state index contributed by atoms with van der Waals surface area (Å²) in [5, 5.41) is 21.3. The van der Waals surface area contributed by atoms with Gasteiger partial charge in [0.1, 0.15) is 5.60 Å². The maximum Gasteiger partial charge on any atom is 0.191 e. The van der Waals surface area contributed by atoms with Crippen LogP contribution >= 0.6 is 0 Å². The molecule has 0 fully saturated rings. The van der Waals surface area contributed by atoms with E-state index in [4.69, 9.17) is 0 Å². The van der Waals surface area contributed by atoms with Gasteiger partial charge in [0.15, 0.2) is 5.96 Å². The van der Waals surface area contributed by atoms with Crippen LogP contribution in [-0.4, -0.2) is 65.0 Å². The monoisotopic (exact) mass is 352 g/mol. The fourth-order valence-corrected chi connectivity index (χ4v) is 2.57. The lowest BCUT2D eigenvalue weighted by Crippen LogP contribution is -2.39. The van der Waals surface area contributed by atoms with Crippen LogP contribution in [0.15, 0.2) is 17.4 Å². The first kappa shape index (κ1) is 21.4. The lowest BCUT2D eigenvalue weighted by molar-refractivity contribution is 0.0672. The van der Waals surface area contributed by atoms with Gasteiger partial charge in [-0.15, -0.1) is 0 Å². The Labute approximate surface area is 152 Å². The normalized spacial score (nSPS) is 14.6. The molecule has 0 aliphatic rings. The van der Waals surface area contributed by atoms with Crippen LogP contribution < -0.4 is 10.6 Å². The molecule has 7 nitrogen and oxygen atoms in total. The van der Waals surface area contributed by atoms with Gasteiger partial charge in [-0.3, -0.25) is 4.68 Å². The van der Waals surface area contributed by atoms with Gasteiger partial charge < -0.3 is 20.6 Å². The Kier molecular flexibility index (Phi) is 9.52. The lowest BCUT2D eigenvalue weighted by Gasteiger charge is -2.21. The van der Waals surface area contributed by atoms with Crippen LogP contribution in [-0.2, 0) is 12.6 Å². The predicted molar refractivity (Wildman–Crippen MR) is 104 cm³/mol. The third kappa shape index (κ3) is 7.88. The summed E-state index contributed by atoms with van der Waals surface area (Å²) in [7, 11) is 1.84. The van der Waals surface area contributed by atoms with Crippen molar-refractivity contribution in [3.05, 3.63) is 18.0 Å². The molecule has 1 unspecified atom stereocenters. The molecule has 25 heavy (non-hydrogen) atoms. The number of aromatic nitrogens is 2. The summed E-state index contributed by atoms with van der Waals surface area (Å²) in [6, 6.07) is 0. The molecule has 0 aliphatic carbocycles. The molecule has 1 aromatic rings. The standard InChI is InChI=1S/C18H36N6O/c1-6-19-17(20-11-9-10-12-24(7-2)8-3)21-15-18(4,25)16-13-22-23(5)14-16/h13-14,25H,6-12,15H2,1-5H3,(H2,19,20,21). The van der Waals surface area contributed by atoms with Crippen molar-refractivity contribution in [1.82, 2.24) is 25.3 Å². The van der Waals surface area contributed by atoms with Gasteiger partial charge in [-0.25, -0.2) is 4.99 Å². The molecule has 1 rings (SSSR count). The minimum Gasteiger partial charge on any atom is -0.383 e. The van der Waals surface area contributed by atoms with E-state index in [-0.39, 0.29) is 6.54 Å². The van der Waals surface area contributed by atoms with Gasteiger partial charge in [-0.2, -0.15) is 5.10 Å². The van der Waals surface area contributed by atoms with Crippen molar-refractivity contribution in [3.8, 4) is 0 Å². The Balaban J connectivity index is 2.45. The van der Waals surface area contributed by atoms with Crippen molar-refractivity contribution in [2.24, 2.45) is 12.0 Å². The lowest BCUT2D eigenvalue weighted by atomic mass is 10.0. The second kappa shape index (κ2) is 11.1. The Morgan fingerprint density at radius 2 is 2.00 bits per heavy atom. The number of aliphatic hydroxyl groups is 1. The first-order chi connectivity index (χ1) is 11.9. The number of aryl methyl sites for hydroxylation is 1. The van der Waals surface area contributed by atoms with E-state index < -0.39 is 5.60 Å². The fraction of sp³-hybridized carbons (Fsp3) is 0.778. The van der Waals surface area contributed by atoms with Crippen molar-refractivity contribution in [2.45, 2.75) is 46.1 Å². The zero-order chi connectivity index (χ0) is 18.7. The zero-order valence-corrected chi connectivity index (χ0v) is 16.5. The summed E-state index contributed by atoms with van der Waals surface area (Å²) < 4.78 is 1.69.